The van der Waals surface area contributed by atoms with Gasteiger partial charge in [0.1, 0.15) is 0 Å². The lowest BCUT2D eigenvalue weighted by Gasteiger charge is -2.11. The maximum absolute atomic E-state index is 4.18. The standard InChI is InChI=1S/C13H20BrN3.HI/c1-3-4-9-16-13(15-2)17-10-11-5-7-12(14)8-6-11;/h5-8H,3-4,9-10H2,1-2H3,(H2,15,16,17);1H. The van der Waals surface area contributed by atoms with Gasteiger partial charge in [-0.25, -0.2) is 0 Å². The fourth-order valence-corrected chi connectivity index (χ4v) is 1.66. The van der Waals surface area contributed by atoms with Crippen molar-refractivity contribution in [3.05, 3.63) is 34.3 Å². The Morgan fingerprint density at radius 2 is 1.89 bits per heavy atom. The predicted molar refractivity (Wildman–Crippen MR) is 92.7 cm³/mol. The molecule has 0 amide bonds. The molecule has 0 unspecified atom stereocenters. The molecular formula is C13H21BrIN3. The van der Waals surface area contributed by atoms with Crippen LogP contribution in [-0.2, 0) is 6.54 Å². The van der Waals surface area contributed by atoms with E-state index in [1.165, 1.54) is 18.4 Å². The van der Waals surface area contributed by atoms with E-state index in [9.17, 15) is 0 Å². The van der Waals surface area contributed by atoms with E-state index in [1.807, 2.05) is 12.1 Å². The number of nitrogens with zero attached hydrogens (tertiary/aromatic N) is 1. The molecule has 5 heteroatoms. The van der Waals surface area contributed by atoms with E-state index in [0.29, 0.717) is 0 Å². The summed E-state index contributed by atoms with van der Waals surface area (Å²) in [6, 6.07) is 8.28. The highest BCUT2D eigenvalue weighted by Gasteiger charge is 1.97. The molecule has 18 heavy (non-hydrogen) atoms. The van der Waals surface area contributed by atoms with Crippen molar-refractivity contribution in [2.75, 3.05) is 13.6 Å². The second-order valence-corrected chi connectivity index (χ2v) is 4.75. The topological polar surface area (TPSA) is 36.4 Å². The number of halogens is 2. The molecule has 1 aromatic rings. The summed E-state index contributed by atoms with van der Waals surface area (Å²) in [6.45, 7) is 3.94. The van der Waals surface area contributed by atoms with Gasteiger partial charge in [-0.3, -0.25) is 4.99 Å². The van der Waals surface area contributed by atoms with Crippen LogP contribution in [0, 0.1) is 0 Å². The van der Waals surface area contributed by atoms with Gasteiger partial charge in [-0.05, 0) is 24.1 Å². The van der Waals surface area contributed by atoms with Crippen LogP contribution in [0.5, 0.6) is 0 Å². The molecule has 2 N–H and O–H groups in total. The van der Waals surface area contributed by atoms with Crippen molar-refractivity contribution < 1.29 is 0 Å². The van der Waals surface area contributed by atoms with E-state index in [-0.39, 0.29) is 24.0 Å². The molecule has 102 valence electrons. The molecule has 0 saturated carbocycles. The van der Waals surface area contributed by atoms with Crippen molar-refractivity contribution in [3.8, 4) is 0 Å². The monoisotopic (exact) mass is 425 g/mol. The fraction of sp³-hybridized carbons (Fsp3) is 0.462. The number of rotatable bonds is 5. The van der Waals surface area contributed by atoms with Crippen LogP contribution in [0.25, 0.3) is 0 Å². The van der Waals surface area contributed by atoms with E-state index in [0.717, 1.165) is 23.5 Å². The largest absolute Gasteiger partial charge is 0.356 e. The Morgan fingerprint density at radius 3 is 2.44 bits per heavy atom. The van der Waals surface area contributed by atoms with Crippen molar-refractivity contribution in [1.29, 1.82) is 0 Å². The van der Waals surface area contributed by atoms with Gasteiger partial charge in [0.25, 0.3) is 0 Å². The molecule has 0 spiro atoms. The molecule has 0 radical (unpaired) electrons. The lowest BCUT2D eigenvalue weighted by molar-refractivity contribution is 0.729. The van der Waals surface area contributed by atoms with Crippen LogP contribution >= 0.6 is 39.9 Å². The number of aliphatic imine (C=N–C) groups is 1. The van der Waals surface area contributed by atoms with Crippen LogP contribution in [0.2, 0.25) is 0 Å². The summed E-state index contributed by atoms with van der Waals surface area (Å²) < 4.78 is 1.10. The zero-order valence-corrected chi connectivity index (χ0v) is 14.8. The number of benzene rings is 1. The number of hydrogen-bond donors (Lipinski definition) is 2. The first-order chi connectivity index (χ1) is 8.26. The second kappa shape index (κ2) is 10.6. The van der Waals surface area contributed by atoms with Gasteiger partial charge in [0, 0.05) is 24.6 Å². The minimum atomic E-state index is 0. The highest BCUT2D eigenvalue weighted by Crippen LogP contribution is 2.09. The van der Waals surface area contributed by atoms with Crippen LogP contribution < -0.4 is 10.6 Å². The summed E-state index contributed by atoms with van der Waals surface area (Å²) in [7, 11) is 1.79. The average Bonchev–Trinajstić information content (AvgIpc) is 2.35. The van der Waals surface area contributed by atoms with Crippen LogP contribution in [0.1, 0.15) is 25.3 Å². The fourth-order valence-electron chi connectivity index (χ4n) is 1.39. The van der Waals surface area contributed by atoms with Crippen molar-refractivity contribution in [2.24, 2.45) is 4.99 Å². The van der Waals surface area contributed by atoms with Crippen LogP contribution in [0.4, 0.5) is 0 Å². The molecule has 0 aliphatic carbocycles. The molecule has 0 bridgehead atoms. The summed E-state index contributed by atoms with van der Waals surface area (Å²) in [5.74, 6) is 0.862. The van der Waals surface area contributed by atoms with E-state index in [2.05, 4.69) is 50.6 Å². The van der Waals surface area contributed by atoms with E-state index >= 15 is 0 Å². The van der Waals surface area contributed by atoms with Gasteiger partial charge in [0.15, 0.2) is 5.96 Å². The molecule has 1 aromatic carbocycles. The third kappa shape index (κ3) is 7.20. The lowest BCUT2D eigenvalue weighted by atomic mass is 10.2. The Balaban J connectivity index is 0.00000289. The molecule has 0 fully saturated rings. The zero-order valence-electron chi connectivity index (χ0n) is 10.9. The quantitative estimate of drug-likeness (QED) is 0.327. The average molecular weight is 426 g/mol. The molecule has 0 heterocycles. The van der Waals surface area contributed by atoms with Crippen molar-refractivity contribution >= 4 is 45.9 Å². The van der Waals surface area contributed by atoms with E-state index < -0.39 is 0 Å². The maximum Gasteiger partial charge on any atom is 0.191 e. The number of guanidine groups is 1. The highest BCUT2D eigenvalue weighted by molar-refractivity contribution is 14.0. The van der Waals surface area contributed by atoms with Gasteiger partial charge < -0.3 is 10.6 Å². The summed E-state index contributed by atoms with van der Waals surface area (Å²) in [5, 5.41) is 6.57. The molecule has 0 saturated heterocycles. The Labute approximate surface area is 135 Å². The molecule has 0 aliphatic heterocycles. The Kier molecular flexibility index (Phi) is 10.4. The first-order valence-corrected chi connectivity index (χ1v) is 6.74. The van der Waals surface area contributed by atoms with Gasteiger partial charge in [0.05, 0.1) is 0 Å². The molecule has 1 rings (SSSR count). The molecule has 0 atom stereocenters. The third-order valence-electron chi connectivity index (χ3n) is 2.42. The van der Waals surface area contributed by atoms with Gasteiger partial charge >= 0.3 is 0 Å². The van der Waals surface area contributed by atoms with Crippen LogP contribution in [-0.4, -0.2) is 19.6 Å². The summed E-state index contributed by atoms with van der Waals surface area (Å²) in [5.41, 5.74) is 1.24. The SMILES string of the molecule is CCCCNC(=NC)NCc1ccc(Br)cc1.I. The Morgan fingerprint density at radius 1 is 1.22 bits per heavy atom. The second-order valence-electron chi connectivity index (χ2n) is 3.83. The van der Waals surface area contributed by atoms with Crippen molar-refractivity contribution in [3.63, 3.8) is 0 Å². The normalized spacial score (nSPS) is 10.7. The van der Waals surface area contributed by atoms with Gasteiger partial charge in [-0.2, -0.15) is 0 Å². The zero-order chi connectivity index (χ0) is 12.5. The minimum Gasteiger partial charge on any atom is -0.356 e. The predicted octanol–water partition coefficient (Wildman–Crippen LogP) is 3.53. The lowest BCUT2D eigenvalue weighted by Crippen LogP contribution is -2.37. The van der Waals surface area contributed by atoms with Crippen molar-refractivity contribution in [2.45, 2.75) is 26.3 Å². The van der Waals surface area contributed by atoms with Crippen LogP contribution in [0.3, 0.4) is 0 Å². The summed E-state index contributed by atoms with van der Waals surface area (Å²) in [6.07, 6.45) is 2.36. The molecular weight excluding hydrogens is 405 g/mol. The highest BCUT2D eigenvalue weighted by atomic mass is 127. The number of unbranched alkanes of at least 4 members (excludes halogenated alkanes) is 1. The van der Waals surface area contributed by atoms with E-state index in [4.69, 9.17) is 0 Å². The van der Waals surface area contributed by atoms with Crippen molar-refractivity contribution in [1.82, 2.24) is 10.6 Å². The molecule has 3 nitrogen and oxygen atoms in total. The Bertz CT molecular complexity index is 352. The number of hydrogen-bond acceptors (Lipinski definition) is 1. The summed E-state index contributed by atoms with van der Waals surface area (Å²) in [4.78, 5) is 4.18. The van der Waals surface area contributed by atoms with Gasteiger partial charge in [-0.1, -0.05) is 41.4 Å². The van der Waals surface area contributed by atoms with E-state index in [1.54, 1.807) is 7.05 Å². The summed E-state index contributed by atoms with van der Waals surface area (Å²) >= 11 is 3.42. The Hall–Kier alpha value is -0.300. The third-order valence-corrected chi connectivity index (χ3v) is 2.95. The smallest absolute Gasteiger partial charge is 0.191 e. The molecule has 0 aliphatic rings. The molecule has 0 aromatic heterocycles. The minimum absolute atomic E-state index is 0. The maximum atomic E-state index is 4.18. The number of nitrogens with one attached hydrogen (secondary N) is 2. The van der Waals surface area contributed by atoms with Gasteiger partial charge in [-0.15, -0.1) is 24.0 Å². The first-order valence-electron chi connectivity index (χ1n) is 5.95. The first kappa shape index (κ1) is 17.7. The van der Waals surface area contributed by atoms with Gasteiger partial charge in [0.2, 0.25) is 0 Å². The van der Waals surface area contributed by atoms with Crippen LogP contribution in [0.15, 0.2) is 33.7 Å².